The van der Waals surface area contributed by atoms with Gasteiger partial charge in [0, 0.05) is 34.9 Å². The summed E-state index contributed by atoms with van der Waals surface area (Å²) in [6.07, 6.45) is 23.0. The number of fused-ring (bicyclic) bond motifs is 5. The number of hydrogen-bond donors (Lipinski definition) is 9. The molecule has 1 saturated heterocycles. The van der Waals surface area contributed by atoms with Crippen LogP contribution in [0, 0.1) is 57.2 Å². The van der Waals surface area contributed by atoms with Gasteiger partial charge in [0.2, 0.25) is 0 Å². The number of allylic oxidation sites excluding steroid dienone is 7. The van der Waals surface area contributed by atoms with Gasteiger partial charge in [-0.05, 0) is 137 Å². The Bertz CT molecular complexity index is 1980. The maximum Gasteiger partial charge on any atom is 0.182 e. The Kier molecular flexibility index (Phi) is 10.4. The molecule has 1 unspecified atom stereocenters. The number of carbonyl (C=O) groups is 1. The quantitative estimate of drug-likeness (QED) is 0.150. The molecule has 11 aliphatic rings. The lowest BCUT2D eigenvalue weighted by Crippen LogP contribution is -2.73. The van der Waals surface area contributed by atoms with E-state index in [0.29, 0.717) is 48.8 Å². The number of nitrogens with two attached hydrogens (primary N) is 1. The molecule has 5 saturated carbocycles. The number of aliphatic hydroxyl groups excluding tert-OH is 3. The molecule has 2 heterocycles. The van der Waals surface area contributed by atoms with Crippen molar-refractivity contribution in [3.63, 3.8) is 0 Å². The van der Waals surface area contributed by atoms with Gasteiger partial charge in [-0.2, -0.15) is 0 Å². The minimum absolute atomic E-state index is 0.0676. The van der Waals surface area contributed by atoms with E-state index in [4.69, 9.17) is 10.5 Å². The number of ketones is 1. The van der Waals surface area contributed by atoms with Gasteiger partial charge >= 0.3 is 0 Å². The standard InChI is InChI=1S/C51H75N3O8/c1-5-8-30-10-13-33-34-9-6-7-18-51(61,44(34)62-38(33)14-11-30)46(4,59)39-17-20-50(60)43-41(54-26-29(2)55)42(58)35-23-36(56)37(57)25-48(35)28-47(32-12-15-40(52)53-27-32)19-16-31(24-45(39,50)3)49(43,48)22-21-47/h12,15-16,19,21-22,27,29-31,33-40,44,53-57,59-61H,5-11,13-14,17-18,20,23-26,28,52H2,1-4H3/t29-,30-,31-,33-,34-,35-,36+,37-,38+,39-,40?,44+,45+,46+,47+,48+,49-,50+,51+/m0/s1. The number of aliphatic hydroxyl groups is 6. The van der Waals surface area contributed by atoms with Crippen molar-refractivity contribution < 1.29 is 40.2 Å². The number of nitrogens with one attached hydrogen (secondary N) is 2. The van der Waals surface area contributed by atoms with Crippen LogP contribution in [-0.4, -0.2) is 96.5 Å². The highest BCUT2D eigenvalue weighted by molar-refractivity contribution is 6.01. The van der Waals surface area contributed by atoms with Crippen LogP contribution < -0.4 is 16.4 Å². The van der Waals surface area contributed by atoms with Crippen LogP contribution in [0.4, 0.5) is 0 Å². The lowest BCUT2D eigenvalue weighted by molar-refractivity contribution is -0.256. The fourth-order valence-corrected chi connectivity index (χ4v) is 17.0. The highest BCUT2D eigenvalue weighted by atomic mass is 16.5. The van der Waals surface area contributed by atoms with E-state index >= 15 is 4.79 Å². The van der Waals surface area contributed by atoms with E-state index in [2.05, 4.69) is 48.8 Å². The number of carbonyl (C=O) groups excluding carboxylic acids is 1. The molecule has 0 amide bonds. The molecule has 11 heteroatoms. The Labute approximate surface area is 368 Å². The molecule has 10 N–H and O–H groups in total. The molecular formula is C51H75N3O8. The summed E-state index contributed by atoms with van der Waals surface area (Å²) in [4.78, 5) is 15.5. The highest BCUT2D eigenvalue weighted by Gasteiger charge is 2.80. The molecule has 2 aliphatic heterocycles. The summed E-state index contributed by atoms with van der Waals surface area (Å²) in [5.74, 6) is -0.531. The van der Waals surface area contributed by atoms with Crippen LogP contribution in [0.15, 0.2) is 59.5 Å². The first-order valence-corrected chi connectivity index (χ1v) is 24.6. The maximum absolute atomic E-state index is 15.5. The van der Waals surface area contributed by atoms with E-state index in [9.17, 15) is 30.6 Å². The molecule has 11 rings (SSSR count). The summed E-state index contributed by atoms with van der Waals surface area (Å²) in [5.41, 5.74) is -0.309. The van der Waals surface area contributed by atoms with Gasteiger partial charge in [-0.3, -0.25) is 4.79 Å². The van der Waals surface area contributed by atoms with Gasteiger partial charge in [-0.1, -0.05) is 76.3 Å². The molecule has 2 bridgehead atoms. The number of Topliss-reactive ketones (excluding diaryl/α,β-unsaturated/α-hetero) is 1. The Balaban J connectivity index is 1.12. The third-order valence-corrected chi connectivity index (χ3v) is 19.8. The van der Waals surface area contributed by atoms with Crippen LogP contribution in [0.3, 0.4) is 0 Å². The zero-order chi connectivity index (χ0) is 43.8. The largest absolute Gasteiger partial charge is 0.392 e. The topological polar surface area (TPSA) is 198 Å². The van der Waals surface area contributed by atoms with Crippen molar-refractivity contribution in [2.24, 2.45) is 62.9 Å². The molecule has 9 aliphatic carbocycles. The minimum Gasteiger partial charge on any atom is -0.392 e. The Morgan fingerprint density at radius 3 is 2.53 bits per heavy atom. The summed E-state index contributed by atoms with van der Waals surface area (Å²) in [5, 5.41) is 81.7. The van der Waals surface area contributed by atoms with Crippen molar-refractivity contribution in [2.75, 3.05) is 6.54 Å². The molecule has 2 spiro atoms. The lowest BCUT2D eigenvalue weighted by Gasteiger charge is -2.71. The monoisotopic (exact) mass is 858 g/mol. The average molecular weight is 858 g/mol. The predicted molar refractivity (Wildman–Crippen MR) is 235 cm³/mol. The van der Waals surface area contributed by atoms with Crippen molar-refractivity contribution in [3.05, 3.63) is 59.5 Å². The van der Waals surface area contributed by atoms with Gasteiger partial charge in [0.1, 0.15) is 5.60 Å². The van der Waals surface area contributed by atoms with Gasteiger partial charge in [0.25, 0.3) is 0 Å². The fraction of sp³-hybridized carbons (Fsp3) is 0.784. The zero-order valence-electron chi connectivity index (χ0n) is 37.6. The normalized spacial score (nSPS) is 51.6. The van der Waals surface area contributed by atoms with E-state index in [0.717, 1.165) is 44.1 Å². The van der Waals surface area contributed by atoms with Crippen molar-refractivity contribution >= 4 is 5.78 Å². The maximum atomic E-state index is 15.5. The first-order valence-electron chi connectivity index (χ1n) is 24.6. The summed E-state index contributed by atoms with van der Waals surface area (Å²) < 4.78 is 7.11. The molecule has 0 aromatic carbocycles. The molecule has 19 atom stereocenters. The molecule has 6 fully saturated rings. The predicted octanol–water partition coefficient (Wildman–Crippen LogP) is 4.96. The Morgan fingerprint density at radius 2 is 1.79 bits per heavy atom. The van der Waals surface area contributed by atoms with E-state index in [-0.39, 0.29) is 55.7 Å². The van der Waals surface area contributed by atoms with Crippen LogP contribution in [0.1, 0.15) is 130 Å². The average Bonchev–Trinajstić information content (AvgIpc) is 3.40. The number of dihydropyridines is 1. The summed E-state index contributed by atoms with van der Waals surface area (Å²) in [6.45, 7) is 7.92. The molecule has 0 aromatic rings. The number of rotatable bonds is 8. The second-order valence-electron chi connectivity index (χ2n) is 22.8. The second-order valence-corrected chi connectivity index (χ2v) is 22.8. The molecular weight excluding hydrogens is 783 g/mol. The smallest absolute Gasteiger partial charge is 0.182 e. The third-order valence-electron chi connectivity index (χ3n) is 19.8. The van der Waals surface area contributed by atoms with Crippen LogP contribution in [0.25, 0.3) is 0 Å². The SMILES string of the molecule is CCC[C@H]1CC[C@H]2[C@@H]3CCCC[C@](O)([C@](C)(O)[C@H]4CC[C@@]5(O)C6=C(NC[C@H](C)O)C(=O)[C@@H]7C[C@@H](O)[C@@H](O)C[C@@]78C[C@@]7(C9=CNC(N)C=C9)C=C[C@@H](C[C@]45C)[C@@]68C=C7)[C@@H]3O[C@@H]2CC1. The molecule has 342 valence electrons. The fourth-order valence-electron chi connectivity index (χ4n) is 17.0. The summed E-state index contributed by atoms with van der Waals surface area (Å²) in [6, 6.07) is 0. The van der Waals surface area contributed by atoms with Gasteiger partial charge in [0.15, 0.2) is 5.78 Å². The molecule has 11 nitrogen and oxygen atoms in total. The zero-order valence-corrected chi connectivity index (χ0v) is 37.6. The first-order chi connectivity index (χ1) is 29.4. The van der Waals surface area contributed by atoms with Crippen molar-refractivity contribution in [1.29, 1.82) is 0 Å². The van der Waals surface area contributed by atoms with Crippen molar-refractivity contribution in [1.82, 2.24) is 10.6 Å². The third kappa shape index (κ3) is 5.73. The molecule has 0 aromatic heterocycles. The van der Waals surface area contributed by atoms with Crippen LogP contribution in [0.5, 0.6) is 0 Å². The van der Waals surface area contributed by atoms with Gasteiger partial charge in [-0.15, -0.1) is 0 Å². The Morgan fingerprint density at radius 1 is 1.00 bits per heavy atom. The molecule has 62 heavy (non-hydrogen) atoms. The Hall–Kier alpha value is -2.35. The van der Waals surface area contributed by atoms with E-state index in [1.54, 1.807) is 6.92 Å². The van der Waals surface area contributed by atoms with E-state index in [1.807, 2.05) is 25.3 Å². The van der Waals surface area contributed by atoms with Gasteiger partial charge < -0.3 is 51.7 Å². The second kappa shape index (κ2) is 14.8. The van der Waals surface area contributed by atoms with Gasteiger partial charge in [-0.25, -0.2) is 0 Å². The van der Waals surface area contributed by atoms with E-state index in [1.165, 1.54) is 19.3 Å². The highest BCUT2D eigenvalue weighted by Crippen LogP contribution is 2.80. The van der Waals surface area contributed by atoms with Crippen LogP contribution >= 0.6 is 0 Å². The number of ether oxygens (including phenoxy) is 1. The van der Waals surface area contributed by atoms with Crippen molar-refractivity contribution in [3.8, 4) is 0 Å². The van der Waals surface area contributed by atoms with Crippen molar-refractivity contribution in [2.45, 2.75) is 184 Å². The number of hydrogen-bond acceptors (Lipinski definition) is 11. The van der Waals surface area contributed by atoms with Crippen LogP contribution in [-0.2, 0) is 9.53 Å². The molecule has 0 radical (unpaired) electrons. The first kappa shape index (κ1) is 43.5. The summed E-state index contributed by atoms with van der Waals surface area (Å²) in [7, 11) is 0. The van der Waals surface area contributed by atoms with E-state index < -0.39 is 74.7 Å². The van der Waals surface area contributed by atoms with Crippen LogP contribution in [0.2, 0.25) is 0 Å². The lowest BCUT2D eigenvalue weighted by atomic mass is 9.33. The minimum atomic E-state index is -1.66. The van der Waals surface area contributed by atoms with Gasteiger partial charge in [0.05, 0.1) is 53.6 Å². The summed E-state index contributed by atoms with van der Waals surface area (Å²) >= 11 is 0.